The van der Waals surface area contributed by atoms with E-state index in [2.05, 4.69) is 15.6 Å². The monoisotopic (exact) mass is 285 g/mol. The summed E-state index contributed by atoms with van der Waals surface area (Å²) >= 11 is 3.06. The Hall–Kier alpha value is -1.08. The highest BCUT2D eigenvalue weighted by Gasteiger charge is 2.24. The molecule has 1 unspecified atom stereocenters. The van der Waals surface area contributed by atoms with Crippen molar-refractivity contribution >= 4 is 40.0 Å². The second-order valence-electron chi connectivity index (χ2n) is 4.09. The van der Waals surface area contributed by atoms with E-state index in [1.807, 2.05) is 13.8 Å². The number of hydrogen-bond donors (Lipinski definition) is 2. The van der Waals surface area contributed by atoms with E-state index in [1.165, 1.54) is 11.3 Å². The Morgan fingerprint density at radius 1 is 1.50 bits per heavy atom. The van der Waals surface area contributed by atoms with Gasteiger partial charge in [0.1, 0.15) is 6.04 Å². The van der Waals surface area contributed by atoms with Gasteiger partial charge in [-0.2, -0.15) is 11.8 Å². The second-order valence-corrected chi connectivity index (χ2v) is 6.45. The van der Waals surface area contributed by atoms with Crippen LogP contribution in [-0.2, 0) is 9.59 Å². The van der Waals surface area contributed by atoms with Crippen LogP contribution < -0.4 is 10.6 Å². The first-order valence-corrected chi connectivity index (χ1v) is 7.65. The smallest absolute Gasteiger partial charge is 0.249 e. The van der Waals surface area contributed by atoms with Crippen molar-refractivity contribution in [2.45, 2.75) is 26.3 Å². The number of aryl methyl sites for hydroxylation is 2. The van der Waals surface area contributed by atoms with Gasteiger partial charge in [-0.25, -0.2) is 4.98 Å². The van der Waals surface area contributed by atoms with Crippen LogP contribution in [-0.4, -0.2) is 34.3 Å². The number of thioether (sulfide) groups is 1. The third-order valence-corrected chi connectivity index (χ3v) is 4.72. The van der Waals surface area contributed by atoms with E-state index < -0.39 is 6.04 Å². The van der Waals surface area contributed by atoms with Gasteiger partial charge in [0.15, 0.2) is 5.13 Å². The molecular formula is C11H15N3O2S2. The Balaban J connectivity index is 2.00. The molecule has 1 aromatic heterocycles. The Labute approximate surface area is 114 Å². The van der Waals surface area contributed by atoms with Crippen LogP contribution in [0.2, 0.25) is 0 Å². The molecule has 0 radical (unpaired) electrons. The quantitative estimate of drug-likeness (QED) is 0.860. The van der Waals surface area contributed by atoms with Crippen LogP contribution in [0, 0.1) is 13.8 Å². The topological polar surface area (TPSA) is 71.1 Å². The van der Waals surface area contributed by atoms with E-state index in [1.54, 1.807) is 11.8 Å². The highest BCUT2D eigenvalue weighted by molar-refractivity contribution is 7.99. The highest BCUT2D eigenvalue weighted by atomic mass is 32.2. The van der Waals surface area contributed by atoms with E-state index in [-0.39, 0.29) is 11.8 Å². The van der Waals surface area contributed by atoms with Crippen LogP contribution in [0.3, 0.4) is 0 Å². The van der Waals surface area contributed by atoms with Gasteiger partial charge >= 0.3 is 0 Å². The van der Waals surface area contributed by atoms with Crippen molar-refractivity contribution in [1.29, 1.82) is 0 Å². The van der Waals surface area contributed by atoms with Crippen molar-refractivity contribution < 1.29 is 9.59 Å². The predicted molar refractivity (Wildman–Crippen MR) is 74.1 cm³/mol. The summed E-state index contributed by atoms with van der Waals surface area (Å²) in [6.45, 7) is 3.87. The second kappa shape index (κ2) is 5.71. The maximum Gasteiger partial charge on any atom is 0.249 e. The molecule has 1 fully saturated rings. The lowest BCUT2D eigenvalue weighted by Gasteiger charge is -2.13. The molecule has 2 amide bonds. The minimum atomic E-state index is -0.463. The minimum absolute atomic E-state index is 0.0633. The Morgan fingerprint density at radius 3 is 2.94 bits per heavy atom. The van der Waals surface area contributed by atoms with Gasteiger partial charge in [0, 0.05) is 22.8 Å². The van der Waals surface area contributed by atoms with Crippen LogP contribution >= 0.6 is 23.1 Å². The van der Waals surface area contributed by atoms with Gasteiger partial charge in [-0.3, -0.25) is 9.59 Å². The van der Waals surface area contributed by atoms with Gasteiger partial charge < -0.3 is 10.6 Å². The van der Waals surface area contributed by atoms with Gasteiger partial charge in [0.2, 0.25) is 11.8 Å². The van der Waals surface area contributed by atoms with E-state index in [0.717, 1.165) is 16.3 Å². The molecular weight excluding hydrogens is 270 g/mol. The number of nitrogens with zero attached hydrogens (tertiary/aromatic N) is 1. The van der Waals surface area contributed by atoms with Crippen LogP contribution in [0.15, 0.2) is 0 Å². The Morgan fingerprint density at radius 2 is 2.28 bits per heavy atom. The molecule has 2 rings (SSSR count). The Bertz CT molecular complexity index is 453. The van der Waals surface area contributed by atoms with E-state index in [9.17, 15) is 9.59 Å². The lowest BCUT2D eigenvalue weighted by Crippen LogP contribution is -2.44. The average molecular weight is 285 g/mol. The number of aromatic nitrogens is 1. The minimum Gasteiger partial charge on any atom is -0.343 e. The maximum atomic E-state index is 12.0. The van der Waals surface area contributed by atoms with Crippen molar-refractivity contribution in [3.63, 3.8) is 0 Å². The average Bonchev–Trinajstić information content (AvgIpc) is 2.53. The van der Waals surface area contributed by atoms with Crippen LogP contribution in [0.25, 0.3) is 0 Å². The number of carbonyl (C=O) groups is 2. The van der Waals surface area contributed by atoms with Gasteiger partial charge in [-0.05, 0) is 13.8 Å². The zero-order chi connectivity index (χ0) is 13.1. The summed E-state index contributed by atoms with van der Waals surface area (Å²) in [6, 6.07) is -0.463. The number of nitrogens with one attached hydrogen (secondary N) is 2. The molecule has 1 aromatic rings. The van der Waals surface area contributed by atoms with Crippen molar-refractivity contribution in [2.75, 3.05) is 16.8 Å². The van der Waals surface area contributed by atoms with Gasteiger partial charge in [-0.15, -0.1) is 11.3 Å². The summed E-state index contributed by atoms with van der Waals surface area (Å²) in [4.78, 5) is 28.7. The number of carbonyl (C=O) groups excluding carboxylic acids is 2. The van der Waals surface area contributed by atoms with Crippen LogP contribution in [0.4, 0.5) is 5.13 Å². The molecule has 1 saturated heterocycles. The predicted octanol–water partition coefficient (Wildman–Crippen LogP) is 1.32. The molecule has 5 nitrogen and oxygen atoms in total. The van der Waals surface area contributed by atoms with Crippen molar-refractivity contribution in [3.8, 4) is 0 Å². The zero-order valence-corrected chi connectivity index (χ0v) is 11.9. The number of rotatable bonds is 2. The Kier molecular flexibility index (Phi) is 4.23. The van der Waals surface area contributed by atoms with Crippen LogP contribution in [0.1, 0.15) is 17.0 Å². The number of thiazole rings is 1. The van der Waals surface area contributed by atoms with Crippen molar-refractivity contribution in [1.82, 2.24) is 10.3 Å². The van der Waals surface area contributed by atoms with Crippen molar-refractivity contribution in [2.24, 2.45) is 0 Å². The third kappa shape index (κ3) is 3.23. The summed E-state index contributed by atoms with van der Waals surface area (Å²) in [5, 5.41) is 6.08. The van der Waals surface area contributed by atoms with Crippen molar-refractivity contribution in [3.05, 3.63) is 10.6 Å². The third-order valence-electron chi connectivity index (χ3n) is 2.67. The van der Waals surface area contributed by atoms with Crippen LogP contribution in [0.5, 0.6) is 0 Å². The summed E-state index contributed by atoms with van der Waals surface area (Å²) in [5.41, 5.74) is 0.926. The molecule has 0 aromatic carbocycles. The molecule has 98 valence electrons. The first kappa shape index (κ1) is 13.4. The molecule has 0 aliphatic carbocycles. The lowest BCUT2D eigenvalue weighted by molar-refractivity contribution is -0.125. The maximum absolute atomic E-state index is 12.0. The van der Waals surface area contributed by atoms with E-state index >= 15 is 0 Å². The SMILES string of the molecule is Cc1nc(NC(=O)C2CSCCC(=O)N2)sc1C. The van der Waals surface area contributed by atoms with Gasteiger partial charge in [0.25, 0.3) is 0 Å². The molecule has 2 N–H and O–H groups in total. The van der Waals surface area contributed by atoms with E-state index in [4.69, 9.17) is 0 Å². The molecule has 2 heterocycles. The first-order chi connectivity index (χ1) is 8.56. The number of amides is 2. The summed E-state index contributed by atoms with van der Waals surface area (Å²) < 4.78 is 0. The number of anilines is 1. The fraction of sp³-hybridized carbons (Fsp3) is 0.545. The highest BCUT2D eigenvalue weighted by Crippen LogP contribution is 2.21. The zero-order valence-electron chi connectivity index (χ0n) is 10.3. The fourth-order valence-electron chi connectivity index (χ4n) is 1.53. The lowest BCUT2D eigenvalue weighted by atomic mass is 10.3. The van der Waals surface area contributed by atoms with E-state index in [0.29, 0.717) is 17.3 Å². The summed E-state index contributed by atoms with van der Waals surface area (Å²) in [7, 11) is 0. The van der Waals surface area contributed by atoms with Gasteiger partial charge in [-0.1, -0.05) is 0 Å². The molecule has 0 spiro atoms. The molecule has 0 bridgehead atoms. The molecule has 1 aliphatic heterocycles. The largest absolute Gasteiger partial charge is 0.343 e. The van der Waals surface area contributed by atoms with Gasteiger partial charge in [0.05, 0.1) is 5.69 Å². The molecule has 0 saturated carbocycles. The molecule has 7 heteroatoms. The standard InChI is InChI=1S/C11H15N3O2S2/c1-6-7(2)18-11(12-6)14-10(16)8-5-17-4-3-9(15)13-8/h8H,3-5H2,1-2H3,(H,13,15)(H,12,14,16). The fourth-order valence-corrected chi connectivity index (χ4v) is 3.32. The molecule has 18 heavy (non-hydrogen) atoms. The normalized spacial score (nSPS) is 20.1. The molecule has 1 atom stereocenters. The molecule has 1 aliphatic rings. The number of hydrogen-bond acceptors (Lipinski definition) is 5. The summed E-state index contributed by atoms with van der Waals surface area (Å²) in [6.07, 6.45) is 0.476. The summed E-state index contributed by atoms with van der Waals surface area (Å²) in [5.74, 6) is 1.13. The first-order valence-electron chi connectivity index (χ1n) is 5.68.